The van der Waals surface area contributed by atoms with Gasteiger partial charge < -0.3 is 13.9 Å². The molecule has 0 aliphatic carbocycles. The average Bonchev–Trinajstić information content (AvgIpc) is 3.10. The smallest absolute Gasteiger partial charge is 0.254 e. The Morgan fingerprint density at radius 3 is 2.58 bits per heavy atom. The quantitative estimate of drug-likeness (QED) is 0.596. The van der Waals surface area contributed by atoms with Gasteiger partial charge in [0.2, 0.25) is 5.89 Å². The molecule has 0 saturated carbocycles. The Hall–Kier alpha value is -2.75. The summed E-state index contributed by atoms with van der Waals surface area (Å²) >= 11 is 12.1. The second kappa shape index (κ2) is 8.09. The van der Waals surface area contributed by atoms with E-state index >= 15 is 0 Å². The van der Waals surface area contributed by atoms with Crippen LogP contribution in [-0.4, -0.2) is 16.8 Å². The summed E-state index contributed by atoms with van der Waals surface area (Å²) in [6.07, 6.45) is 0. The van der Waals surface area contributed by atoms with Crippen LogP contribution >= 0.6 is 23.2 Å². The van der Waals surface area contributed by atoms with Crippen molar-refractivity contribution in [3.8, 4) is 29.0 Å². The van der Waals surface area contributed by atoms with Crippen LogP contribution in [0, 0.1) is 11.3 Å². The summed E-state index contributed by atoms with van der Waals surface area (Å²) in [5.74, 6) is 1.33. The molecule has 3 rings (SSSR count). The molecule has 3 aromatic rings. The molecule has 0 spiro atoms. The fraction of sp³-hybridized carbons (Fsp3) is 0.167. The Kier molecular flexibility index (Phi) is 5.61. The molecular weight excluding hydrogens is 377 g/mol. The summed E-state index contributed by atoms with van der Waals surface area (Å²) in [5.41, 5.74) is 1.13. The highest BCUT2D eigenvalue weighted by Gasteiger charge is 2.15. The molecule has 0 radical (unpaired) electrons. The van der Waals surface area contributed by atoms with E-state index in [9.17, 15) is 0 Å². The molecular formula is C18H13Cl2N3O3. The lowest BCUT2D eigenvalue weighted by atomic mass is 10.2. The van der Waals surface area contributed by atoms with Gasteiger partial charge in [-0.25, -0.2) is 0 Å². The molecule has 1 heterocycles. The fourth-order valence-corrected chi connectivity index (χ4v) is 2.58. The van der Waals surface area contributed by atoms with Gasteiger partial charge >= 0.3 is 0 Å². The van der Waals surface area contributed by atoms with Crippen LogP contribution in [0.15, 0.2) is 40.8 Å². The van der Waals surface area contributed by atoms with E-state index < -0.39 is 0 Å². The maximum Gasteiger partial charge on any atom is 0.254 e. The zero-order valence-electron chi connectivity index (χ0n) is 13.7. The van der Waals surface area contributed by atoms with Gasteiger partial charge in [-0.1, -0.05) is 23.2 Å². The first kappa shape index (κ1) is 18.1. The van der Waals surface area contributed by atoms with Crippen molar-refractivity contribution in [3.63, 3.8) is 0 Å². The van der Waals surface area contributed by atoms with Crippen LogP contribution < -0.4 is 9.47 Å². The van der Waals surface area contributed by atoms with Gasteiger partial charge in [0.25, 0.3) is 5.89 Å². The highest BCUT2D eigenvalue weighted by atomic mass is 35.5. The molecule has 0 amide bonds. The normalized spacial score (nSPS) is 10.4. The maximum absolute atomic E-state index is 9.04. The molecule has 8 heteroatoms. The van der Waals surface area contributed by atoms with Gasteiger partial charge in [-0.05, 0) is 37.3 Å². The van der Waals surface area contributed by atoms with Crippen LogP contribution in [0.1, 0.15) is 18.4 Å². The average molecular weight is 390 g/mol. The number of nitrogens with zero attached hydrogens (tertiary/aromatic N) is 3. The lowest BCUT2D eigenvalue weighted by Crippen LogP contribution is -2.01. The minimum Gasteiger partial charge on any atom is -0.490 e. The summed E-state index contributed by atoms with van der Waals surface area (Å²) in [6, 6.07) is 12.1. The van der Waals surface area contributed by atoms with Crippen LogP contribution in [0.4, 0.5) is 0 Å². The first-order valence-electron chi connectivity index (χ1n) is 7.68. The fourth-order valence-electron chi connectivity index (χ4n) is 2.19. The van der Waals surface area contributed by atoms with E-state index in [1.807, 2.05) is 13.0 Å². The highest BCUT2D eigenvalue weighted by molar-refractivity contribution is 6.32. The van der Waals surface area contributed by atoms with E-state index in [1.54, 1.807) is 30.3 Å². The molecule has 0 aliphatic heterocycles. The molecule has 6 nitrogen and oxygen atoms in total. The van der Waals surface area contributed by atoms with E-state index in [0.717, 1.165) is 5.56 Å². The van der Waals surface area contributed by atoms with E-state index in [1.165, 1.54) is 6.07 Å². The van der Waals surface area contributed by atoms with Crippen molar-refractivity contribution in [2.75, 3.05) is 6.61 Å². The Morgan fingerprint density at radius 1 is 1.12 bits per heavy atom. The number of halogens is 2. The molecule has 0 N–H and O–H groups in total. The monoisotopic (exact) mass is 389 g/mol. The van der Waals surface area contributed by atoms with Crippen molar-refractivity contribution >= 4 is 23.2 Å². The van der Waals surface area contributed by atoms with Gasteiger partial charge in [0, 0.05) is 16.7 Å². The largest absolute Gasteiger partial charge is 0.490 e. The van der Waals surface area contributed by atoms with E-state index in [2.05, 4.69) is 10.2 Å². The van der Waals surface area contributed by atoms with E-state index in [-0.39, 0.29) is 17.5 Å². The third-order valence-corrected chi connectivity index (χ3v) is 3.87. The second-order valence-electron chi connectivity index (χ2n) is 5.13. The summed E-state index contributed by atoms with van der Waals surface area (Å²) in [4.78, 5) is 0. The number of hydrogen-bond acceptors (Lipinski definition) is 6. The zero-order chi connectivity index (χ0) is 18.5. The number of benzene rings is 2. The summed E-state index contributed by atoms with van der Waals surface area (Å²) in [7, 11) is 0. The number of hydrogen-bond donors (Lipinski definition) is 0. The summed E-state index contributed by atoms with van der Waals surface area (Å²) in [5, 5.41) is 17.9. The van der Waals surface area contributed by atoms with Crippen molar-refractivity contribution in [1.29, 1.82) is 5.26 Å². The molecule has 2 aromatic carbocycles. The van der Waals surface area contributed by atoms with Crippen molar-refractivity contribution in [3.05, 3.63) is 57.9 Å². The van der Waals surface area contributed by atoms with Gasteiger partial charge in [0.05, 0.1) is 23.3 Å². The molecule has 0 fully saturated rings. The molecule has 0 aliphatic rings. The lowest BCUT2D eigenvalue weighted by molar-refractivity contribution is 0.243. The molecule has 132 valence electrons. The SMILES string of the molecule is CCOc1cc(C#N)cc(Cl)c1OCc1nnc(-c2ccc(Cl)cc2)o1. The van der Waals surface area contributed by atoms with Gasteiger partial charge in [0.1, 0.15) is 0 Å². The number of nitriles is 1. The highest BCUT2D eigenvalue weighted by Crippen LogP contribution is 2.37. The first-order valence-corrected chi connectivity index (χ1v) is 8.44. The Bertz CT molecular complexity index is 949. The van der Waals surface area contributed by atoms with Crippen LogP contribution in [0.25, 0.3) is 11.5 Å². The number of aromatic nitrogens is 2. The summed E-state index contributed by atoms with van der Waals surface area (Å²) in [6.45, 7) is 2.24. The third kappa shape index (κ3) is 4.07. The zero-order valence-corrected chi connectivity index (χ0v) is 15.2. The molecule has 26 heavy (non-hydrogen) atoms. The Balaban J connectivity index is 1.77. The molecule has 0 saturated heterocycles. The third-order valence-electron chi connectivity index (χ3n) is 3.34. The van der Waals surface area contributed by atoms with Crippen molar-refractivity contribution < 1.29 is 13.9 Å². The van der Waals surface area contributed by atoms with E-state index in [0.29, 0.717) is 34.6 Å². The predicted molar refractivity (Wildman–Crippen MR) is 96.4 cm³/mol. The van der Waals surface area contributed by atoms with Crippen molar-refractivity contribution in [2.24, 2.45) is 0 Å². The number of rotatable bonds is 6. The van der Waals surface area contributed by atoms with Gasteiger partial charge in [-0.15, -0.1) is 10.2 Å². The van der Waals surface area contributed by atoms with Crippen molar-refractivity contribution in [2.45, 2.75) is 13.5 Å². The Morgan fingerprint density at radius 2 is 1.88 bits per heavy atom. The van der Waals surface area contributed by atoms with Gasteiger partial charge in [-0.2, -0.15) is 5.26 Å². The Labute approximate surface area is 159 Å². The van der Waals surface area contributed by atoms with Crippen molar-refractivity contribution in [1.82, 2.24) is 10.2 Å². The van der Waals surface area contributed by atoms with Gasteiger partial charge in [0.15, 0.2) is 18.1 Å². The molecule has 0 atom stereocenters. The van der Waals surface area contributed by atoms with Crippen LogP contribution in [0.5, 0.6) is 11.5 Å². The maximum atomic E-state index is 9.04. The lowest BCUT2D eigenvalue weighted by Gasteiger charge is -2.12. The molecule has 0 unspecified atom stereocenters. The summed E-state index contributed by atoms with van der Waals surface area (Å²) < 4.78 is 16.8. The van der Waals surface area contributed by atoms with E-state index in [4.69, 9.17) is 42.4 Å². The van der Waals surface area contributed by atoms with Crippen LogP contribution in [0.3, 0.4) is 0 Å². The minimum atomic E-state index is 0.00623. The topological polar surface area (TPSA) is 81.2 Å². The second-order valence-corrected chi connectivity index (χ2v) is 5.97. The predicted octanol–water partition coefficient (Wildman–Crippen LogP) is 4.89. The minimum absolute atomic E-state index is 0.00623. The van der Waals surface area contributed by atoms with Crippen LogP contribution in [-0.2, 0) is 6.61 Å². The van der Waals surface area contributed by atoms with Crippen LogP contribution in [0.2, 0.25) is 10.0 Å². The molecule has 0 bridgehead atoms. The van der Waals surface area contributed by atoms with Gasteiger partial charge in [-0.3, -0.25) is 0 Å². The first-order chi connectivity index (χ1) is 12.6. The molecule has 1 aromatic heterocycles. The standard InChI is InChI=1S/C18H13Cl2N3O3/c1-2-24-15-8-11(9-21)7-14(20)17(15)25-10-16-22-23-18(26-16)12-3-5-13(19)6-4-12/h3-8H,2,10H2,1H3. The number of ether oxygens (including phenoxy) is 2.